The van der Waals surface area contributed by atoms with Gasteiger partial charge >= 0.3 is 5.97 Å². The highest BCUT2D eigenvalue weighted by Crippen LogP contribution is 2.27. The molecule has 2 amide bonds. The molecule has 0 unspecified atom stereocenters. The lowest BCUT2D eigenvalue weighted by Crippen LogP contribution is -2.21. The SMILES string of the molecule is CC(=O)Nc1ccc(NC(=O)COC(=O)c2cc(-c3ccc(OCc4ccccc4)cc3)nc3ccccc23)cc1. The molecule has 5 aromatic rings. The summed E-state index contributed by atoms with van der Waals surface area (Å²) in [6, 6.07) is 33.0. The maximum Gasteiger partial charge on any atom is 0.339 e. The summed E-state index contributed by atoms with van der Waals surface area (Å²) >= 11 is 0. The summed E-state index contributed by atoms with van der Waals surface area (Å²) in [6.45, 7) is 1.41. The molecule has 5 rings (SSSR count). The Balaban J connectivity index is 1.27. The molecular weight excluding hydrogens is 518 g/mol. The molecule has 0 fully saturated rings. The van der Waals surface area contributed by atoms with E-state index in [9.17, 15) is 14.4 Å². The van der Waals surface area contributed by atoms with E-state index in [0.717, 1.165) is 11.1 Å². The number of carbonyl (C=O) groups excluding carboxylic acids is 3. The number of fused-ring (bicyclic) bond motifs is 1. The van der Waals surface area contributed by atoms with E-state index in [1.54, 1.807) is 36.4 Å². The van der Waals surface area contributed by atoms with Crippen LogP contribution in [-0.2, 0) is 20.9 Å². The van der Waals surface area contributed by atoms with Crippen LogP contribution in [0.2, 0.25) is 0 Å². The number of nitrogens with zero attached hydrogens (tertiary/aromatic N) is 1. The van der Waals surface area contributed by atoms with Crippen LogP contribution in [0.4, 0.5) is 11.4 Å². The molecule has 4 aromatic carbocycles. The molecule has 8 heteroatoms. The number of aromatic nitrogens is 1. The van der Waals surface area contributed by atoms with Crippen LogP contribution in [0.5, 0.6) is 5.75 Å². The quantitative estimate of drug-likeness (QED) is 0.213. The van der Waals surface area contributed by atoms with E-state index >= 15 is 0 Å². The van der Waals surface area contributed by atoms with E-state index in [1.807, 2.05) is 72.8 Å². The number of benzene rings is 4. The van der Waals surface area contributed by atoms with Crippen LogP contribution in [0.1, 0.15) is 22.8 Å². The highest BCUT2D eigenvalue weighted by Gasteiger charge is 2.17. The molecule has 0 aliphatic heterocycles. The Morgan fingerprint density at radius 2 is 1.41 bits per heavy atom. The van der Waals surface area contributed by atoms with Gasteiger partial charge in [-0.2, -0.15) is 0 Å². The zero-order chi connectivity index (χ0) is 28.6. The standard InChI is InChI=1S/C33H27N3O5/c1-22(37)34-25-13-15-26(16-14-25)35-32(38)21-41-33(39)29-19-31(36-30-10-6-5-9-28(29)30)24-11-17-27(18-12-24)40-20-23-7-3-2-4-8-23/h2-19H,20-21H2,1H3,(H,34,37)(H,35,38). The van der Waals surface area contributed by atoms with E-state index in [-0.39, 0.29) is 5.91 Å². The summed E-state index contributed by atoms with van der Waals surface area (Å²) in [4.78, 5) is 41.5. The van der Waals surface area contributed by atoms with Crippen molar-refractivity contribution in [1.82, 2.24) is 4.98 Å². The van der Waals surface area contributed by atoms with Gasteiger partial charge in [-0.05, 0) is 66.2 Å². The van der Waals surface area contributed by atoms with E-state index in [2.05, 4.69) is 10.6 Å². The van der Waals surface area contributed by atoms with Gasteiger partial charge in [-0.3, -0.25) is 9.59 Å². The molecule has 0 saturated carbocycles. The number of carbonyl (C=O) groups is 3. The molecule has 0 spiro atoms. The lowest BCUT2D eigenvalue weighted by Gasteiger charge is -2.11. The third-order valence-electron chi connectivity index (χ3n) is 6.16. The normalized spacial score (nSPS) is 10.6. The molecule has 204 valence electrons. The number of pyridine rings is 1. The molecule has 0 radical (unpaired) electrons. The number of hydrogen-bond donors (Lipinski definition) is 2. The first-order valence-corrected chi connectivity index (χ1v) is 13.0. The second-order valence-corrected chi connectivity index (χ2v) is 9.25. The first-order valence-electron chi connectivity index (χ1n) is 13.0. The van der Waals surface area contributed by atoms with Crippen molar-refractivity contribution in [2.75, 3.05) is 17.2 Å². The maximum absolute atomic E-state index is 13.1. The summed E-state index contributed by atoms with van der Waals surface area (Å²) in [6.07, 6.45) is 0. The predicted octanol–water partition coefficient (Wildman–Crippen LogP) is 6.23. The van der Waals surface area contributed by atoms with E-state index < -0.39 is 18.5 Å². The van der Waals surface area contributed by atoms with E-state index in [0.29, 0.717) is 45.9 Å². The van der Waals surface area contributed by atoms with Crippen molar-refractivity contribution < 1.29 is 23.9 Å². The van der Waals surface area contributed by atoms with Gasteiger partial charge in [0, 0.05) is 29.2 Å². The van der Waals surface area contributed by atoms with Gasteiger partial charge in [0.15, 0.2) is 6.61 Å². The topological polar surface area (TPSA) is 107 Å². The Kier molecular flexibility index (Phi) is 8.30. The average Bonchev–Trinajstić information content (AvgIpc) is 3.00. The largest absolute Gasteiger partial charge is 0.489 e. The number of rotatable bonds is 9. The highest BCUT2D eigenvalue weighted by atomic mass is 16.5. The third-order valence-corrected chi connectivity index (χ3v) is 6.16. The molecule has 0 atom stereocenters. The van der Waals surface area contributed by atoms with Crippen LogP contribution in [0.15, 0.2) is 109 Å². The summed E-state index contributed by atoms with van der Waals surface area (Å²) in [5.74, 6) is -0.599. The van der Waals surface area contributed by atoms with Crippen molar-refractivity contribution in [3.63, 3.8) is 0 Å². The Labute approximate surface area is 237 Å². The molecule has 0 aliphatic rings. The average molecular weight is 546 g/mol. The van der Waals surface area contributed by atoms with Crippen molar-refractivity contribution >= 4 is 40.1 Å². The monoisotopic (exact) mass is 545 g/mol. The van der Waals surface area contributed by atoms with Crippen molar-refractivity contribution in [2.24, 2.45) is 0 Å². The molecule has 1 heterocycles. The van der Waals surface area contributed by atoms with E-state index in [1.165, 1.54) is 6.92 Å². The lowest BCUT2D eigenvalue weighted by atomic mass is 10.0. The molecule has 0 saturated heterocycles. The smallest absolute Gasteiger partial charge is 0.339 e. The van der Waals surface area contributed by atoms with Crippen LogP contribution >= 0.6 is 0 Å². The van der Waals surface area contributed by atoms with Gasteiger partial charge in [0.2, 0.25) is 5.91 Å². The molecular formula is C33H27N3O5. The Hall–Kier alpha value is -5.50. The number of anilines is 2. The number of ether oxygens (including phenoxy) is 2. The van der Waals surface area contributed by atoms with Crippen LogP contribution in [0.3, 0.4) is 0 Å². The van der Waals surface area contributed by atoms with Gasteiger partial charge in [0.1, 0.15) is 12.4 Å². The Bertz CT molecular complexity index is 1680. The number of esters is 1. The molecule has 0 aliphatic carbocycles. The van der Waals surface area contributed by atoms with Crippen molar-refractivity contribution in [2.45, 2.75) is 13.5 Å². The first kappa shape index (κ1) is 27.1. The highest BCUT2D eigenvalue weighted by molar-refractivity contribution is 6.05. The van der Waals surface area contributed by atoms with Crippen LogP contribution in [0.25, 0.3) is 22.2 Å². The van der Waals surface area contributed by atoms with Crippen molar-refractivity contribution in [3.05, 3.63) is 120 Å². The number of amides is 2. The fourth-order valence-corrected chi connectivity index (χ4v) is 4.20. The van der Waals surface area contributed by atoms with Crippen LogP contribution < -0.4 is 15.4 Å². The van der Waals surface area contributed by atoms with Gasteiger partial charge < -0.3 is 20.1 Å². The maximum atomic E-state index is 13.1. The Morgan fingerprint density at radius 1 is 0.756 bits per heavy atom. The van der Waals surface area contributed by atoms with Gasteiger partial charge in [0.25, 0.3) is 5.91 Å². The van der Waals surface area contributed by atoms with Gasteiger partial charge in [0.05, 0.1) is 16.8 Å². The summed E-state index contributed by atoms with van der Waals surface area (Å²) in [7, 11) is 0. The van der Waals surface area contributed by atoms with Crippen molar-refractivity contribution in [1.29, 1.82) is 0 Å². The van der Waals surface area contributed by atoms with Gasteiger partial charge in [-0.15, -0.1) is 0 Å². The minimum Gasteiger partial charge on any atom is -0.489 e. The Morgan fingerprint density at radius 3 is 2.12 bits per heavy atom. The third kappa shape index (κ3) is 7.13. The molecule has 0 bridgehead atoms. The van der Waals surface area contributed by atoms with Crippen LogP contribution in [0, 0.1) is 0 Å². The van der Waals surface area contributed by atoms with Gasteiger partial charge in [-0.1, -0.05) is 48.5 Å². The zero-order valence-electron chi connectivity index (χ0n) is 22.3. The predicted molar refractivity (Wildman–Crippen MR) is 158 cm³/mol. The summed E-state index contributed by atoms with van der Waals surface area (Å²) in [5.41, 5.74) is 4.52. The molecule has 8 nitrogen and oxygen atoms in total. The zero-order valence-corrected chi connectivity index (χ0v) is 22.3. The minimum absolute atomic E-state index is 0.189. The summed E-state index contributed by atoms with van der Waals surface area (Å²) in [5, 5.41) is 5.96. The van der Waals surface area contributed by atoms with E-state index in [4.69, 9.17) is 14.5 Å². The number of hydrogen-bond acceptors (Lipinski definition) is 6. The molecule has 1 aromatic heterocycles. The fraction of sp³-hybridized carbons (Fsp3) is 0.0909. The lowest BCUT2D eigenvalue weighted by molar-refractivity contribution is -0.119. The van der Waals surface area contributed by atoms with Gasteiger partial charge in [-0.25, -0.2) is 9.78 Å². The first-order chi connectivity index (χ1) is 19.9. The number of nitrogens with one attached hydrogen (secondary N) is 2. The minimum atomic E-state index is -0.635. The summed E-state index contributed by atoms with van der Waals surface area (Å²) < 4.78 is 11.3. The second-order valence-electron chi connectivity index (χ2n) is 9.25. The van der Waals surface area contributed by atoms with Crippen LogP contribution in [-0.4, -0.2) is 29.4 Å². The fourth-order valence-electron chi connectivity index (χ4n) is 4.20. The molecule has 41 heavy (non-hydrogen) atoms. The van der Waals surface area contributed by atoms with Crippen molar-refractivity contribution in [3.8, 4) is 17.0 Å². The molecule has 2 N–H and O–H groups in total. The second kappa shape index (κ2) is 12.6. The number of para-hydroxylation sites is 1.